The Balaban J connectivity index is 2.22. The second kappa shape index (κ2) is 6.59. The summed E-state index contributed by atoms with van der Waals surface area (Å²) < 4.78 is 0. The minimum Gasteiger partial charge on any atom is -0.396 e. The van der Waals surface area contributed by atoms with Crippen molar-refractivity contribution in [3.05, 3.63) is 35.9 Å². The van der Waals surface area contributed by atoms with Crippen molar-refractivity contribution in [2.75, 3.05) is 13.2 Å². The lowest BCUT2D eigenvalue weighted by molar-refractivity contribution is 0.208. The van der Waals surface area contributed by atoms with Gasteiger partial charge in [-0.2, -0.15) is 0 Å². The van der Waals surface area contributed by atoms with Crippen LogP contribution < -0.4 is 5.32 Å². The zero-order valence-corrected chi connectivity index (χ0v) is 9.61. The summed E-state index contributed by atoms with van der Waals surface area (Å²) in [5.74, 6) is 0.320. The first-order valence-electron chi connectivity index (χ1n) is 5.62. The van der Waals surface area contributed by atoms with Crippen LogP contribution in [-0.2, 0) is 6.42 Å². The molecule has 0 aliphatic rings. The third-order valence-electron chi connectivity index (χ3n) is 2.86. The molecule has 0 fully saturated rings. The van der Waals surface area contributed by atoms with Crippen LogP contribution in [0.4, 0.5) is 0 Å². The molecule has 1 aromatic carbocycles. The van der Waals surface area contributed by atoms with Gasteiger partial charge in [-0.05, 0) is 31.4 Å². The maximum atomic E-state index is 8.98. The van der Waals surface area contributed by atoms with Crippen molar-refractivity contribution in [2.45, 2.75) is 26.3 Å². The summed E-state index contributed by atoms with van der Waals surface area (Å²) in [7, 11) is 0. The molecule has 0 radical (unpaired) electrons. The molecule has 15 heavy (non-hydrogen) atoms. The number of rotatable bonds is 6. The van der Waals surface area contributed by atoms with E-state index in [0.29, 0.717) is 12.0 Å². The minimum atomic E-state index is 0.250. The highest BCUT2D eigenvalue weighted by Crippen LogP contribution is 2.02. The van der Waals surface area contributed by atoms with Gasteiger partial charge in [0.2, 0.25) is 0 Å². The highest BCUT2D eigenvalue weighted by molar-refractivity contribution is 5.14. The van der Waals surface area contributed by atoms with Gasteiger partial charge in [0.1, 0.15) is 0 Å². The van der Waals surface area contributed by atoms with E-state index in [4.69, 9.17) is 5.11 Å². The van der Waals surface area contributed by atoms with Crippen LogP contribution in [-0.4, -0.2) is 24.3 Å². The van der Waals surface area contributed by atoms with Crippen LogP contribution in [0.5, 0.6) is 0 Å². The molecule has 2 atom stereocenters. The smallest absolute Gasteiger partial charge is 0.0471 e. The van der Waals surface area contributed by atoms with Gasteiger partial charge in [-0.15, -0.1) is 0 Å². The Bertz CT molecular complexity index is 260. The fraction of sp³-hybridized carbons (Fsp3) is 0.538. The first-order valence-corrected chi connectivity index (χ1v) is 5.62. The molecular weight excluding hydrogens is 186 g/mol. The Morgan fingerprint density at radius 1 is 1.20 bits per heavy atom. The van der Waals surface area contributed by atoms with E-state index in [2.05, 4.69) is 43.4 Å². The summed E-state index contributed by atoms with van der Waals surface area (Å²) in [6, 6.07) is 10.8. The number of nitrogens with one attached hydrogen (secondary N) is 1. The van der Waals surface area contributed by atoms with Gasteiger partial charge < -0.3 is 10.4 Å². The van der Waals surface area contributed by atoms with Crippen LogP contribution in [0.1, 0.15) is 19.4 Å². The molecule has 0 saturated heterocycles. The largest absolute Gasteiger partial charge is 0.396 e. The van der Waals surface area contributed by atoms with Crippen LogP contribution in [0.2, 0.25) is 0 Å². The molecule has 2 nitrogen and oxygen atoms in total. The normalized spacial score (nSPS) is 14.9. The van der Waals surface area contributed by atoms with E-state index in [0.717, 1.165) is 13.0 Å². The molecule has 2 N–H and O–H groups in total. The Morgan fingerprint density at radius 3 is 2.47 bits per heavy atom. The Morgan fingerprint density at radius 2 is 1.87 bits per heavy atom. The Hall–Kier alpha value is -0.860. The summed E-state index contributed by atoms with van der Waals surface area (Å²) in [6.07, 6.45) is 1.04. The molecule has 2 heteroatoms. The lowest BCUT2D eigenvalue weighted by Crippen LogP contribution is -2.35. The predicted molar refractivity (Wildman–Crippen MR) is 63.9 cm³/mol. The van der Waals surface area contributed by atoms with Gasteiger partial charge in [0.05, 0.1) is 0 Å². The number of hydrogen-bond donors (Lipinski definition) is 2. The molecule has 1 rings (SSSR count). The van der Waals surface area contributed by atoms with E-state index in [1.54, 1.807) is 0 Å². The van der Waals surface area contributed by atoms with E-state index >= 15 is 0 Å². The van der Waals surface area contributed by atoms with Gasteiger partial charge in [0.15, 0.2) is 0 Å². The molecule has 0 aliphatic heterocycles. The average molecular weight is 207 g/mol. The van der Waals surface area contributed by atoms with Gasteiger partial charge >= 0.3 is 0 Å². The van der Waals surface area contributed by atoms with Gasteiger partial charge in [0.25, 0.3) is 0 Å². The summed E-state index contributed by atoms with van der Waals surface area (Å²) in [5.41, 5.74) is 1.36. The maximum Gasteiger partial charge on any atom is 0.0471 e. The Kier molecular flexibility index (Phi) is 5.37. The molecule has 2 unspecified atom stereocenters. The van der Waals surface area contributed by atoms with Gasteiger partial charge in [0, 0.05) is 12.6 Å². The first kappa shape index (κ1) is 12.2. The Labute approximate surface area is 92.3 Å². The monoisotopic (exact) mass is 207 g/mol. The van der Waals surface area contributed by atoms with Gasteiger partial charge in [-0.1, -0.05) is 37.3 Å². The summed E-state index contributed by atoms with van der Waals surface area (Å²) in [4.78, 5) is 0. The van der Waals surface area contributed by atoms with Gasteiger partial charge in [-0.3, -0.25) is 0 Å². The van der Waals surface area contributed by atoms with E-state index in [9.17, 15) is 0 Å². The molecule has 0 aliphatic carbocycles. The van der Waals surface area contributed by atoms with E-state index in [-0.39, 0.29) is 6.61 Å². The van der Waals surface area contributed by atoms with E-state index in [1.807, 2.05) is 6.07 Å². The molecule has 0 amide bonds. The van der Waals surface area contributed by atoms with Crippen LogP contribution in [0, 0.1) is 5.92 Å². The summed E-state index contributed by atoms with van der Waals surface area (Å²) in [5, 5.41) is 12.4. The zero-order valence-electron chi connectivity index (χ0n) is 9.61. The second-order valence-corrected chi connectivity index (χ2v) is 4.14. The van der Waals surface area contributed by atoms with E-state index < -0.39 is 0 Å². The fourth-order valence-corrected chi connectivity index (χ4v) is 1.45. The van der Waals surface area contributed by atoms with Crippen LogP contribution in [0.3, 0.4) is 0 Å². The highest BCUT2D eigenvalue weighted by Gasteiger charge is 2.09. The topological polar surface area (TPSA) is 32.3 Å². The molecule has 0 bridgehead atoms. The number of benzene rings is 1. The van der Waals surface area contributed by atoms with Crippen LogP contribution in [0.15, 0.2) is 30.3 Å². The molecule has 0 saturated carbocycles. The lowest BCUT2D eigenvalue weighted by Gasteiger charge is -2.19. The van der Waals surface area contributed by atoms with Crippen molar-refractivity contribution < 1.29 is 5.11 Å². The first-order chi connectivity index (χ1) is 7.24. The van der Waals surface area contributed by atoms with Crippen LogP contribution >= 0.6 is 0 Å². The highest BCUT2D eigenvalue weighted by atomic mass is 16.3. The zero-order chi connectivity index (χ0) is 11.1. The summed E-state index contributed by atoms with van der Waals surface area (Å²) >= 11 is 0. The molecular formula is C13H21NO. The third-order valence-corrected chi connectivity index (χ3v) is 2.86. The molecule has 0 heterocycles. The third kappa shape index (κ3) is 4.45. The van der Waals surface area contributed by atoms with Crippen molar-refractivity contribution in [1.29, 1.82) is 0 Å². The lowest BCUT2D eigenvalue weighted by atomic mass is 10.0. The van der Waals surface area contributed by atoms with Crippen LogP contribution in [0.25, 0.3) is 0 Å². The summed E-state index contributed by atoms with van der Waals surface area (Å²) in [6.45, 7) is 5.39. The number of hydrogen-bond acceptors (Lipinski definition) is 2. The number of aliphatic hydroxyl groups is 1. The van der Waals surface area contributed by atoms with E-state index in [1.165, 1.54) is 5.56 Å². The standard InChI is InChI=1S/C13H21NO/c1-11(10-15)12(2)14-9-8-13-6-4-3-5-7-13/h3-7,11-12,14-15H,8-10H2,1-2H3. The van der Waals surface area contributed by atoms with Crippen molar-refractivity contribution in [1.82, 2.24) is 5.32 Å². The van der Waals surface area contributed by atoms with Crippen molar-refractivity contribution in [3.63, 3.8) is 0 Å². The molecule has 0 spiro atoms. The maximum absolute atomic E-state index is 8.98. The molecule has 1 aromatic rings. The van der Waals surface area contributed by atoms with Crippen molar-refractivity contribution in [2.24, 2.45) is 5.92 Å². The SMILES string of the molecule is CC(CO)C(C)NCCc1ccccc1. The average Bonchev–Trinajstić information content (AvgIpc) is 2.29. The van der Waals surface area contributed by atoms with Gasteiger partial charge in [-0.25, -0.2) is 0 Å². The quantitative estimate of drug-likeness (QED) is 0.746. The minimum absolute atomic E-state index is 0.250. The fourth-order valence-electron chi connectivity index (χ4n) is 1.45. The second-order valence-electron chi connectivity index (χ2n) is 4.14. The van der Waals surface area contributed by atoms with Crippen molar-refractivity contribution in [3.8, 4) is 0 Å². The predicted octanol–water partition coefficient (Wildman–Crippen LogP) is 1.84. The van der Waals surface area contributed by atoms with Crippen molar-refractivity contribution >= 4 is 0 Å². The molecule has 0 aromatic heterocycles. The number of aliphatic hydroxyl groups excluding tert-OH is 1. The molecule has 84 valence electrons.